The minimum absolute atomic E-state index is 0.134. The quantitative estimate of drug-likeness (QED) is 0.692. The third-order valence-electron chi connectivity index (χ3n) is 2.92. The van der Waals surface area contributed by atoms with E-state index in [0.29, 0.717) is 23.8 Å². The Morgan fingerprint density at radius 2 is 2.07 bits per heavy atom. The molecule has 0 saturated carbocycles. The summed E-state index contributed by atoms with van der Waals surface area (Å²) in [4.78, 5) is 0. The Hall–Kier alpha value is -1.12. The van der Waals surface area contributed by atoms with E-state index in [1.54, 1.807) is 0 Å². The maximum Gasteiger partial charge on any atom is 0.133 e. The van der Waals surface area contributed by atoms with Gasteiger partial charge in [-0.1, -0.05) is 13.8 Å². The molecule has 0 unspecified atom stereocenters. The molecule has 0 N–H and O–H groups in total. The number of fused-ring (bicyclic) bond motifs is 1. The summed E-state index contributed by atoms with van der Waals surface area (Å²) < 4.78 is 31.9. The summed E-state index contributed by atoms with van der Waals surface area (Å²) in [7, 11) is 0. The number of ether oxygens (including phenoxy) is 1. The van der Waals surface area contributed by atoms with Gasteiger partial charge in [0, 0.05) is 17.7 Å². The van der Waals surface area contributed by atoms with Gasteiger partial charge in [0.05, 0.1) is 6.61 Å². The third kappa shape index (κ3) is 1.83. The smallest absolute Gasteiger partial charge is 0.133 e. The van der Waals surface area contributed by atoms with Gasteiger partial charge in [-0.15, -0.1) is 0 Å². The maximum absolute atomic E-state index is 13.6. The Labute approximate surface area is 88.1 Å². The monoisotopic (exact) mass is 212 g/mol. The molecule has 1 heterocycles. The Morgan fingerprint density at radius 3 is 2.73 bits per heavy atom. The number of benzene rings is 1. The van der Waals surface area contributed by atoms with E-state index < -0.39 is 11.6 Å². The van der Waals surface area contributed by atoms with Gasteiger partial charge >= 0.3 is 0 Å². The van der Waals surface area contributed by atoms with Gasteiger partial charge in [-0.05, 0) is 18.3 Å². The summed E-state index contributed by atoms with van der Waals surface area (Å²) in [5, 5.41) is 0. The molecule has 82 valence electrons. The lowest BCUT2D eigenvalue weighted by Crippen LogP contribution is -2.19. The predicted molar refractivity (Wildman–Crippen MR) is 54.0 cm³/mol. The number of hydrogen-bond acceptors (Lipinski definition) is 1. The van der Waals surface area contributed by atoms with Crippen LogP contribution in [0.2, 0.25) is 0 Å². The highest BCUT2D eigenvalue weighted by Gasteiger charge is 2.28. The van der Waals surface area contributed by atoms with Gasteiger partial charge in [-0.3, -0.25) is 0 Å². The second-order valence-electron chi connectivity index (χ2n) is 4.29. The molecule has 1 aliphatic heterocycles. The maximum atomic E-state index is 13.6. The molecule has 1 nitrogen and oxygen atoms in total. The molecule has 2 rings (SSSR count). The first-order valence-corrected chi connectivity index (χ1v) is 5.21. The minimum atomic E-state index is -0.573. The van der Waals surface area contributed by atoms with Crippen LogP contribution in [0.15, 0.2) is 12.1 Å². The lowest BCUT2D eigenvalue weighted by molar-refractivity contribution is 0.240. The Morgan fingerprint density at radius 1 is 1.33 bits per heavy atom. The molecule has 0 spiro atoms. The van der Waals surface area contributed by atoms with E-state index in [1.165, 1.54) is 6.07 Å². The summed E-state index contributed by atoms with van der Waals surface area (Å²) >= 11 is 0. The van der Waals surface area contributed by atoms with Crippen molar-refractivity contribution in [1.82, 2.24) is 0 Å². The lowest BCUT2D eigenvalue weighted by Gasteiger charge is -2.29. The molecule has 3 heteroatoms. The second-order valence-corrected chi connectivity index (χ2v) is 4.29. The van der Waals surface area contributed by atoms with E-state index in [9.17, 15) is 8.78 Å². The van der Waals surface area contributed by atoms with Gasteiger partial charge in [-0.25, -0.2) is 8.78 Å². The molecular formula is C12H14F2O. The van der Waals surface area contributed by atoms with Crippen LogP contribution in [-0.2, 0) is 0 Å². The SMILES string of the molecule is CC(C)[C@H]1CCOc2cc(F)cc(F)c21. The molecule has 0 bridgehead atoms. The molecule has 0 radical (unpaired) electrons. The van der Waals surface area contributed by atoms with E-state index in [4.69, 9.17) is 4.74 Å². The first kappa shape index (κ1) is 10.4. The zero-order valence-corrected chi connectivity index (χ0v) is 8.89. The van der Waals surface area contributed by atoms with Gasteiger partial charge in [0.15, 0.2) is 0 Å². The zero-order chi connectivity index (χ0) is 11.0. The first-order valence-electron chi connectivity index (χ1n) is 5.21. The molecule has 1 aliphatic rings. The molecule has 1 aromatic carbocycles. The summed E-state index contributed by atoms with van der Waals surface area (Å²) in [5.74, 6) is -0.210. The highest BCUT2D eigenvalue weighted by molar-refractivity contribution is 5.39. The van der Waals surface area contributed by atoms with Crippen molar-refractivity contribution in [3.8, 4) is 5.75 Å². The van der Waals surface area contributed by atoms with Crippen molar-refractivity contribution in [2.45, 2.75) is 26.2 Å². The molecule has 0 saturated heterocycles. The molecule has 0 amide bonds. The Bertz CT molecular complexity index is 374. The fraction of sp³-hybridized carbons (Fsp3) is 0.500. The van der Waals surface area contributed by atoms with E-state index >= 15 is 0 Å². The van der Waals surface area contributed by atoms with Crippen LogP contribution in [0, 0.1) is 17.6 Å². The second kappa shape index (κ2) is 3.80. The highest BCUT2D eigenvalue weighted by Crippen LogP contribution is 2.40. The lowest BCUT2D eigenvalue weighted by atomic mass is 9.84. The Kier molecular flexibility index (Phi) is 2.63. The number of rotatable bonds is 1. The molecular weight excluding hydrogens is 198 g/mol. The topological polar surface area (TPSA) is 9.23 Å². The van der Waals surface area contributed by atoms with Crippen LogP contribution in [0.25, 0.3) is 0 Å². The van der Waals surface area contributed by atoms with Crippen molar-refractivity contribution in [3.05, 3.63) is 29.3 Å². The number of halogens is 2. The van der Waals surface area contributed by atoms with Crippen LogP contribution in [0.1, 0.15) is 31.7 Å². The van der Waals surface area contributed by atoms with Crippen LogP contribution >= 0.6 is 0 Å². The van der Waals surface area contributed by atoms with Crippen LogP contribution < -0.4 is 4.74 Å². The third-order valence-corrected chi connectivity index (χ3v) is 2.92. The van der Waals surface area contributed by atoms with Gasteiger partial charge in [0.25, 0.3) is 0 Å². The van der Waals surface area contributed by atoms with Gasteiger partial charge in [-0.2, -0.15) is 0 Å². The standard InChI is InChI=1S/C12H14F2O/c1-7(2)9-3-4-15-11-6-8(13)5-10(14)12(9)11/h5-7,9H,3-4H2,1-2H3/t9-/m1/s1. The minimum Gasteiger partial charge on any atom is -0.493 e. The van der Waals surface area contributed by atoms with Crippen LogP contribution in [0.4, 0.5) is 8.78 Å². The van der Waals surface area contributed by atoms with E-state index in [-0.39, 0.29) is 5.92 Å². The van der Waals surface area contributed by atoms with Gasteiger partial charge in [0.2, 0.25) is 0 Å². The van der Waals surface area contributed by atoms with Crippen LogP contribution in [0.3, 0.4) is 0 Å². The molecule has 1 aromatic rings. The fourth-order valence-electron chi connectivity index (χ4n) is 2.15. The first-order chi connectivity index (χ1) is 7.09. The summed E-state index contributed by atoms with van der Waals surface area (Å²) in [5.41, 5.74) is 0.539. The van der Waals surface area contributed by atoms with Crippen LogP contribution in [-0.4, -0.2) is 6.61 Å². The predicted octanol–water partition coefficient (Wildman–Crippen LogP) is 3.49. The molecule has 0 fully saturated rings. The van der Waals surface area contributed by atoms with Crippen molar-refractivity contribution in [2.24, 2.45) is 5.92 Å². The average Bonchev–Trinajstić information content (AvgIpc) is 2.16. The van der Waals surface area contributed by atoms with Crippen molar-refractivity contribution in [3.63, 3.8) is 0 Å². The molecule has 0 aliphatic carbocycles. The van der Waals surface area contributed by atoms with Crippen molar-refractivity contribution < 1.29 is 13.5 Å². The normalized spacial score (nSPS) is 19.9. The van der Waals surface area contributed by atoms with Crippen molar-refractivity contribution >= 4 is 0 Å². The molecule has 1 atom stereocenters. The average molecular weight is 212 g/mol. The molecule has 15 heavy (non-hydrogen) atoms. The zero-order valence-electron chi connectivity index (χ0n) is 8.89. The summed E-state index contributed by atoms with van der Waals surface area (Å²) in [6.45, 7) is 4.63. The highest BCUT2D eigenvalue weighted by atomic mass is 19.1. The number of hydrogen-bond donors (Lipinski definition) is 0. The molecule has 0 aromatic heterocycles. The fourth-order valence-corrected chi connectivity index (χ4v) is 2.15. The van der Waals surface area contributed by atoms with Gasteiger partial charge in [0.1, 0.15) is 17.4 Å². The largest absolute Gasteiger partial charge is 0.493 e. The Balaban J connectivity index is 2.51. The van der Waals surface area contributed by atoms with Gasteiger partial charge < -0.3 is 4.74 Å². The van der Waals surface area contributed by atoms with Crippen molar-refractivity contribution in [2.75, 3.05) is 6.61 Å². The van der Waals surface area contributed by atoms with E-state index in [1.807, 2.05) is 13.8 Å². The van der Waals surface area contributed by atoms with E-state index in [0.717, 1.165) is 12.5 Å². The van der Waals surface area contributed by atoms with E-state index in [2.05, 4.69) is 0 Å². The summed E-state index contributed by atoms with van der Waals surface area (Å²) in [6.07, 6.45) is 0.799. The summed E-state index contributed by atoms with van der Waals surface area (Å²) in [6, 6.07) is 2.20. The van der Waals surface area contributed by atoms with Crippen molar-refractivity contribution in [1.29, 1.82) is 0 Å². The van der Waals surface area contributed by atoms with Crippen LogP contribution in [0.5, 0.6) is 5.75 Å².